The van der Waals surface area contributed by atoms with Gasteiger partial charge < -0.3 is 10.4 Å². The standard InChI is InChI=1S/C15H29NO/c1-12(2)13-3-5-14(6-4-13)16-11-15(7-8-15)9-10-17/h12-14,16-17H,3-11H2,1-2H3. The highest BCUT2D eigenvalue weighted by atomic mass is 16.3. The van der Waals surface area contributed by atoms with Gasteiger partial charge in [-0.1, -0.05) is 13.8 Å². The van der Waals surface area contributed by atoms with Crippen molar-refractivity contribution in [3.63, 3.8) is 0 Å². The molecule has 0 saturated heterocycles. The lowest BCUT2D eigenvalue weighted by Crippen LogP contribution is -2.37. The van der Waals surface area contributed by atoms with E-state index < -0.39 is 0 Å². The molecule has 0 aliphatic heterocycles. The first-order chi connectivity index (χ1) is 8.15. The summed E-state index contributed by atoms with van der Waals surface area (Å²) in [7, 11) is 0. The Morgan fingerprint density at radius 1 is 1.18 bits per heavy atom. The van der Waals surface area contributed by atoms with Gasteiger partial charge in [-0.15, -0.1) is 0 Å². The zero-order chi connectivity index (χ0) is 12.3. The second kappa shape index (κ2) is 5.71. The van der Waals surface area contributed by atoms with Gasteiger partial charge in [-0.25, -0.2) is 0 Å². The van der Waals surface area contributed by atoms with Gasteiger partial charge in [0.2, 0.25) is 0 Å². The molecule has 2 nitrogen and oxygen atoms in total. The van der Waals surface area contributed by atoms with Crippen molar-refractivity contribution in [1.29, 1.82) is 0 Å². The van der Waals surface area contributed by atoms with Crippen molar-refractivity contribution in [1.82, 2.24) is 5.32 Å². The van der Waals surface area contributed by atoms with E-state index in [9.17, 15) is 0 Å². The van der Waals surface area contributed by atoms with Crippen LogP contribution in [-0.4, -0.2) is 24.3 Å². The quantitative estimate of drug-likeness (QED) is 0.747. The molecule has 0 unspecified atom stereocenters. The van der Waals surface area contributed by atoms with Crippen LogP contribution < -0.4 is 5.32 Å². The average molecular weight is 239 g/mol. The molecule has 2 N–H and O–H groups in total. The summed E-state index contributed by atoms with van der Waals surface area (Å²) < 4.78 is 0. The van der Waals surface area contributed by atoms with Gasteiger partial charge in [0.1, 0.15) is 0 Å². The summed E-state index contributed by atoms with van der Waals surface area (Å²) in [6, 6.07) is 0.751. The Bertz CT molecular complexity index is 227. The van der Waals surface area contributed by atoms with Crippen LogP contribution in [0.4, 0.5) is 0 Å². The SMILES string of the molecule is CC(C)C1CCC(NCC2(CCO)CC2)CC1. The fourth-order valence-electron chi connectivity index (χ4n) is 3.28. The summed E-state index contributed by atoms with van der Waals surface area (Å²) in [6.07, 6.45) is 9.17. The fourth-order valence-corrected chi connectivity index (χ4v) is 3.28. The molecule has 0 atom stereocenters. The van der Waals surface area contributed by atoms with Crippen LogP contribution in [0.25, 0.3) is 0 Å². The van der Waals surface area contributed by atoms with Crippen LogP contribution in [0, 0.1) is 17.3 Å². The molecule has 17 heavy (non-hydrogen) atoms. The second-order valence-electron chi connectivity index (χ2n) is 6.71. The number of rotatable bonds is 6. The Labute approximate surface area is 106 Å². The lowest BCUT2D eigenvalue weighted by molar-refractivity contribution is 0.215. The van der Waals surface area contributed by atoms with E-state index in [2.05, 4.69) is 19.2 Å². The zero-order valence-electron chi connectivity index (χ0n) is 11.5. The third-order valence-electron chi connectivity index (χ3n) is 5.08. The minimum absolute atomic E-state index is 0.363. The molecule has 0 spiro atoms. The largest absolute Gasteiger partial charge is 0.396 e. The lowest BCUT2D eigenvalue weighted by atomic mass is 9.79. The summed E-state index contributed by atoms with van der Waals surface area (Å²) in [5.41, 5.74) is 0.476. The normalized spacial score (nSPS) is 31.8. The van der Waals surface area contributed by atoms with Gasteiger partial charge in [0.15, 0.2) is 0 Å². The minimum Gasteiger partial charge on any atom is -0.396 e. The van der Waals surface area contributed by atoms with Gasteiger partial charge in [0.25, 0.3) is 0 Å². The number of aliphatic hydroxyl groups is 1. The van der Waals surface area contributed by atoms with Crippen LogP contribution in [0.5, 0.6) is 0 Å². The molecule has 2 fully saturated rings. The first kappa shape index (κ1) is 13.4. The van der Waals surface area contributed by atoms with E-state index in [0.717, 1.165) is 30.8 Å². The Kier molecular flexibility index (Phi) is 4.48. The molecular weight excluding hydrogens is 210 g/mol. The molecule has 2 aliphatic rings. The van der Waals surface area contributed by atoms with E-state index in [4.69, 9.17) is 5.11 Å². The van der Waals surface area contributed by atoms with Crippen LogP contribution in [0.15, 0.2) is 0 Å². The summed E-state index contributed by atoms with van der Waals surface area (Å²) in [6.45, 7) is 6.23. The van der Waals surface area contributed by atoms with Gasteiger partial charge in [-0.2, -0.15) is 0 Å². The number of hydrogen-bond donors (Lipinski definition) is 2. The van der Waals surface area contributed by atoms with Crippen LogP contribution >= 0.6 is 0 Å². The summed E-state index contributed by atoms with van der Waals surface area (Å²) in [5, 5.41) is 12.8. The van der Waals surface area contributed by atoms with E-state index in [0.29, 0.717) is 12.0 Å². The van der Waals surface area contributed by atoms with Crippen LogP contribution in [0.2, 0.25) is 0 Å². The monoisotopic (exact) mass is 239 g/mol. The molecule has 0 aromatic rings. The predicted octanol–water partition coefficient (Wildman–Crippen LogP) is 2.95. The first-order valence-electron chi connectivity index (χ1n) is 7.49. The molecular formula is C15H29NO. The molecule has 100 valence electrons. The first-order valence-corrected chi connectivity index (χ1v) is 7.49. The maximum absolute atomic E-state index is 9.05. The van der Waals surface area contributed by atoms with E-state index in [1.54, 1.807) is 0 Å². The third kappa shape index (κ3) is 3.69. The van der Waals surface area contributed by atoms with Crippen molar-refractivity contribution < 1.29 is 5.11 Å². The van der Waals surface area contributed by atoms with Crippen LogP contribution in [0.1, 0.15) is 58.8 Å². The van der Waals surface area contributed by atoms with Gasteiger partial charge in [0.05, 0.1) is 0 Å². The average Bonchev–Trinajstić information content (AvgIpc) is 3.08. The third-order valence-corrected chi connectivity index (χ3v) is 5.08. The van der Waals surface area contributed by atoms with Crippen LogP contribution in [-0.2, 0) is 0 Å². The van der Waals surface area contributed by atoms with E-state index >= 15 is 0 Å². The predicted molar refractivity (Wildman–Crippen MR) is 72.0 cm³/mol. The molecule has 2 aliphatic carbocycles. The van der Waals surface area contributed by atoms with Crippen LogP contribution in [0.3, 0.4) is 0 Å². The van der Waals surface area contributed by atoms with Crippen molar-refractivity contribution >= 4 is 0 Å². The van der Waals surface area contributed by atoms with Crippen molar-refractivity contribution in [2.75, 3.05) is 13.2 Å². The molecule has 0 aromatic carbocycles. The number of nitrogens with one attached hydrogen (secondary N) is 1. The molecule has 2 heteroatoms. The van der Waals surface area contributed by atoms with Crippen molar-refractivity contribution in [3.8, 4) is 0 Å². The van der Waals surface area contributed by atoms with E-state index in [1.807, 2.05) is 0 Å². The Morgan fingerprint density at radius 3 is 2.29 bits per heavy atom. The number of hydrogen-bond acceptors (Lipinski definition) is 2. The Hall–Kier alpha value is -0.0800. The van der Waals surface area contributed by atoms with Gasteiger partial charge >= 0.3 is 0 Å². The van der Waals surface area contributed by atoms with Crippen molar-refractivity contribution in [2.45, 2.75) is 64.8 Å². The molecule has 2 saturated carbocycles. The summed E-state index contributed by atoms with van der Waals surface area (Å²) >= 11 is 0. The maximum atomic E-state index is 9.05. The van der Waals surface area contributed by atoms with Gasteiger partial charge in [0, 0.05) is 19.2 Å². The molecule has 0 amide bonds. The van der Waals surface area contributed by atoms with E-state index in [1.165, 1.54) is 38.5 Å². The summed E-state index contributed by atoms with van der Waals surface area (Å²) in [5.74, 6) is 1.82. The number of aliphatic hydroxyl groups excluding tert-OH is 1. The van der Waals surface area contributed by atoms with E-state index in [-0.39, 0.29) is 0 Å². The zero-order valence-corrected chi connectivity index (χ0v) is 11.5. The second-order valence-corrected chi connectivity index (χ2v) is 6.71. The topological polar surface area (TPSA) is 32.3 Å². The smallest absolute Gasteiger partial charge is 0.0436 e. The van der Waals surface area contributed by atoms with Gasteiger partial charge in [-0.3, -0.25) is 0 Å². The van der Waals surface area contributed by atoms with Crippen molar-refractivity contribution in [2.24, 2.45) is 17.3 Å². The molecule has 0 bridgehead atoms. The van der Waals surface area contributed by atoms with Gasteiger partial charge in [-0.05, 0) is 62.2 Å². The van der Waals surface area contributed by atoms with Crippen molar-refractivity contribution in [3.05, 3.63) is 0 Å². The Balaban J connectivity index is 1.65. The highest BCUT2D eigenvalue weighted by molar-refractivity contribution is 4.95. The fraction of sp³-hybridized carbons (Fsp3) is 1.00. The lowest BCUT2D eigenvalue weighted by Gasteiger charge is -2.32. The Morgan fingerprint density at radius 2 is 1.82 bits per heavy atom. The minimum atomic E-state index is 0.363. The highest BCUT2D eigenvalue weighted by Gasteiger charge is 2.41. The highest BCUT2D eigenvalue weighted by Crippen LogP contribution is 2.48. The molecule has 0 radical (unpaired) electrons. The molecule has 0 aromatic heterocycles. The maximum Gasteiger partial charge on any atom is 0.0436 e. The molecule has 0 heterocycles. The molecule has 2 rings (SSSR count). The summed E-state index contributed by atoms with van der Waals surface area (Å²) in [4.78, 5) is 0.